The number of nitrogens with one attached hydrogen (secondary N) is 1. The van der Waals surface area contributed by atoms with Crippen molar-refractivity contribution in [3.63, 3.8) is 0 Å². The van der Waals surface area contributed by atoms with Crippen molar-refractivity contribution in [3.8, 4) is 17.6 Å². The number of halogens is 1. The van der Waals surface area contributed by atoms with E-state index in [1.807, 2.05) is 12.4 Å². The van der Waals surface area contributed by atoms with E-state index in [1.54, 1.807) is 25.2 Å². The maximum absolute atomic E-state index is 8.59. The Labute approximate surface area is 124 Å². The van der Waals surface area contributed by atoms with Crippen molar-refractivity contribution in [2.24, 2.45) is 12.0 Å². The molecule has 0 saturated carbocycles. The SMILES string of the molecule is CSC(=Nc1ccc(-c2nnnn2C)c(Cl)c1)NC#N. The summed E-state index contributed by atoms with van der Waals surface area (Å²) in [6, 6.07) is 5.27. The van der Waals surface area contributed by atoms with E-state index in [0.717, 1.165) is 5.56 Å². The molecule has 1 N–H and O–H groups in total. The highest BCUT2D eigenvalue weighted by Crippen LogP contribution is 2.29. The zero-order chi connectivity index (χ0) is 14.5. The third kappa shape index (κ3) is 3.07. The van der Waals surface area contributed by atoms with Gasteiger partial charge in [-0.25, -0.2) is 9.67 Å². The molecule has 0 fully saturated rings. The highest BCUT2D eigenvalue weighted by molar-refractivity contribution is 8.13. The number of thioether (sulfide) groups is 1. The Morgan fingerprint density at radius 3 is 2.90 bits per heavy atom. The van der Waals surface area contributed by atoms with Gasteiger partial charge < -0.3 is 0 Å². The average Bonchev–Trinajstić information content (AvgIpc) is 2.84. The Hall–Kier alpha value is -2.11. The zero-order valence-electron chi connectivity index (χ0n) is 10.7. The first kappa shape index (κ1) is 14.3. The van der Waals surface area contributed by atoms with E-state index in [4.69, 9.17) is 16.9 Å². The Morgan fingerprint density at radius 2 is 2.35 bits per heavy atom. The fourth-order valence-corrected chi connectivity index (χ4v) is 2.11. The molecule has 0 saturated heterocycles. The van der Waals surface area contributed by atoms with Crippen LogP contribution in [-0.4, -0.2) is 31.6 Å². The second-order valence-corrected chi connectivity index (χ2v) is 4.85. The molecule has 1 aromatic carbocycles. The highest BCUT2D eigenvalue weighted by Gasteiger charge is 2.10. The number of hydrogen-bond donors (Lipinski definition) is 1. The van der Waals surface area contributed by atoms with E-state index in [9.17, 15) is 0 Å². The number of aromatic nitrogens is 4. The fraction of sp³-hybridized carbons (Fsp3) is 0.182. The zero-order valence-corrected chi connectivity index (χ0v) is 12.3. The Balaban J connectivity index is 2.36. The standard InChI is InChI=1S/C11H10ClN7S/c1-19-10(16-17-18-19)8-4-3-7(5-9(8)12)15-11(20-2)14-6-13/h3-5H,1-2H3,(H,14,15). The van der Waals surface area contributed by atoms with Crippen LogP contribution in [0.1, 0.15) is 0 Å². The Morgan fingerprint density at radius 1 is 1.55 bits per heavy atom. The van der Waals surface area contributed by atoms with Gasteiger partial charge in [-0.05, 0) is 34.9 Å². The summed E-state index contributed by atoms with van der Waals surface area (Å²) in [6.45, 7) is 0. The van der Waals surface area contributed by atoms with Gasteiger partial charge in [-0.1, -0.05) is 23.4 Å². The lowest BCUT2D eigenvalue weighted by Gasteiger charge is -2.04. The normalized spacial score (nSPS) is 11.2. The van der Waals surface area contributed by atoms with Gasteiger partial charge in [0.25, 0.3) is 0 Å². The lowest BCUT2D eigenvalue weighted by molar-refractivity contribution is 0.715. The highest BCUT2D eigenvalue weighted by atomic mass is 35.5. The molecule has 0 aliphatic carbocycles. The summed E-state index contributed by atoms with van der Waals surface area (Å²) >= 11 is 7.56. The van der Waals surface area contributed by atoms with Crippen molar-refractivity contribution < 1.29 is 0 Å². The second kappa shape index (κ2) is 6.36. The predicted octanol–water partition coefficient (Wildman–Crippen LogP) is 1.95. The minimum absolute atomic E-state index is 0.488. The summed E-state index contributed by atoms with van der Waals surface area (Å²) in [4.78, 5) is 4.28. The molecule has 0 aliphatic rings. The molecular weight excluding hydrogens is 298 g/mol. The number of tetrazole rings is 1. The fourth-order valence-electron chi connectivity index (χ4n) is 1.50. The smallest absolute Gasteiger partial charge is 0.183 e. The van der Waals surface area contributed by atoms with Gasteiger partial charge in [-0.3, -0.25) is 5.32 Å². The van der Waals surface area contributed by atoms with Crippen molar-refractivity contribution in [2.45, 2.75) is 0 Å². The van der Waals surface area contributed by atoms with E-state index in [2.05, 4.69) is 25.8 Å². The first-order chi connectivity index (χ1) is 9.65. The van der Waals surface area contributed by atoms with Gasteiger partial charge in [0.15, 0.2) is 17.2 Å². The van der Waals surface area contributed by atoms with Gasteiger partial charge in [-0.15, -0.1) is 5.10 Å². The summed E-state index contributed by atoms with van der Waals surface area (Å²) in [7, 11) is 1.74. The van der Waals surface area contributed by atoms with Crippen LogP contribution in [0.4, 0.5) is 5.69 Å². The third-order valence-corrected chi connectivity index (χ3v) is 3.29. The predicted molar refractivity (Wildman–Crippen MR) is 78.6 cm³/mol. The molecule has 0 aliphatic heterocycles. The molecule has 0 amide bonds. The average molecular weight is 308 g/mol. The molecule has 0 bridgehead atoms. The number of nitrogens with zero attached hydrogens (tertiary/aromatic N) is 6. The Kier molecular flexibility index (Phi) is 4.55. The molecule has 0 radical (unpaired) electrons. The monoisotopic (exact) mass is 307 g/mol. The minimum Gasteiger partial charge on any atom is -0.271 e. The first-order valence-electron chi connectivity index (χ1n) is 5.45. The van der Waals surface area contributed by atoms with Crippen molar-refractivity contribution >= 4 is 34.2 Å². The van der Waals surface area contributed by atoms with Crippen LogP contribution in [0.15, 0.2) is 23.2 Å². The summed E-state index contributed by atoms with van der Waals surface area (Å²) < 4.78 is 1.54. The molecule has 0 unspecified atom stereocenters. The molecule has 0 spiro atoms. The van der Waals surface area contributed by atoms with E-state index in [0.29, 0.717) is 21.7 Å². The van der Waals surface area contributed by atoms with Crippen LogP contribution in [-0.2, 0) is 7.05 Å². The van der Waals surface area contributed by atoms with Gasteiger partial charge in [0, 0.05) is 12.6 Å². The van der Waals surface area contributed by atoms with E-state index in [-0.39, 0.29) is 0 Å². The molecule has 0 atom stereocenters. The molecule has 20 heavy (non-hydrogen) atoms. The number of amidine groups is 1. The van der Waals surface area contributed by atoms with Gasteiger partial charge in [0.2, 0.25) is 0 Å². The first-order valence-corrected chi connectivity index (χ1v) is 7.06. The van der Waals surface area contributed by atoms with Crippen LogP contribution in [0.3, 0.4) is 0 Å². The van der Waals surface area contributed by atoms with E-state index in [1.165, 1.54) is 16.4 Å². The number of rotatable bonds is 2. The van der Waals surface area contributed by atoms with Crippen LogP contribution < -0.4 is 5.32 Å². The van der Waals surface area contributed by atoms with Gasteiger partial charge in [-0.2, -0.15) is 5.26 Å². The Bertz CT molecular complexity index is 688. The molecule has 1 aromatic heterocycles. The number of hydrogen-bond acceptors (Lipinski definition) is 6. The molecule has 102 valence electrons. The number of nitriles is 1. The molecule has 1 heterocycles. The van der Waals surface area contributed by atoms with Crippen LogP contribution in [0.2, 0.25) is 5.02 Å². The van der Waals surface area contributed by atoms with Crippen LogP contribution >= 0.6 is 23.4 Å². The van der Waals surface area contributed by atoms with Gasteiger partial charge in [0.05, 0.1) is 10.7 Å². The number of aliphatic imine (C=N–C) groups is 1. The van der Waals surface area contributed by atoms with E-state index < -0.39 is 0 Å². The summed E-state index contributed by atoms with van der Waals surface area (Å²) in [5.41, 5.74) is 1.36. The second-order valence-electron chi connectivity index (χ2n) is 3.65. The van der Waals surface area contributed by atoms with Gasteiger partial charge >= 0.3 is 0 Å². The van der Waals surface area contributed by atoms with Crippen LogP contribution in [0, 0.1) is 11.5 Å². The summed E-state index contributed by atoms with van der Waals surface area (Å²) in [6.07, 6.45) is 3.65. The van der Waals surface area contributed by atoms with E-state index >= 15 is 0 Å². The van der Waals surface area contributed by atoms with Gasteiger partial charge in [0.1, 0.15) is 0 Å². The van der Waals surface area contributed by atoms with Crippen molar-refractivity contribution in [1.29, 1.82) is 5.26 Å². The van der Waals surface area contributed by atoms with Crippen LogP contribution in [0.25, 0.3) is 11.4 Å². The molecule has 2 aromatic rings. The lowest BCUT2D eigenvalue weighted by Crippen LogP contribution is -2.12. The van der Waals surface area contributed by atoms with Crippen molar-refractivity contribution in [2.75, 3.05) is 6.26 Å². The van der Waals surface area contributed by atoms with Crippen molar-refractivity contribution in [1.82, 2.24) is 25.5 Å². The molecule has 9 heteroatoms. The molecule has 7 nitrogen and oxygen atoms in total. The topological polar surface area (TPSA) is 91.8 Å². The minimum atomic E-state index is 0.488. The lowest BCUT2D eigenvalue weighted by atomic mass is 10.2. The third-order valence-electron chi connectivity index (χ3n) is 2.40. The number of aryl methyl sites for hydroxylation is 1. The summed E-state index contributed by atoms with van der Waals surface area (Å²) in [5, 5.41) is 23.3. The quantitative estimate of drug-likeness (QED) is 0.394. The molecule has 2 rings (SSSR count). The summed E-state index contributed by atoms with van der Waals surface area (Å²) in [5.74, 6) is 0.575. The van der Waals surface area contributed by atoms with Crippen LogP contribution in [0.5, 0.6) is 0 Å². The molecular formula is C11H10ClN7S. The number of benzene rings is 1. The van der Waals surface area contributed by atoms with Crippen molar-refractivity contribution in [3.05, 3.63) is 23.2 Å². The maximum atomic E-state index is 8.59. The largest absolute Gasteiger partial charge is 0.271 e. The maximum Gasteiger partial charge on any atom is 0.183 e.